The number of para-hydroxylation sites is 1. The van der Waals surface area contributed by atoms with E-state index >= 15 is 0 Å². The van der Waals surface area contributed by atoms with Crippen molar-refractivity contribution in [1.29, 1.82) is 0 Å². The number of phenols is 1. The zero-order valence-corrected chi connectivity index (χ0v) is 17.4. The van der Waals surface area contributed by atoms with Crippen LogP contribution in [0, 0.1) is 6.92 Å². The first-order valence-corrected chi connectivity index (χ1v) is 10.6. The molecular weight excluding hydrogens is 376 g/mol. The summed E-state index contributed by atoms with van der Waals surface area (Å²) in [5, 5.41) is 10.5. The highest BCUT2D eigenvalue weighted by Crippen LogP contribution is 2.47. The minimum atomic E-state index is -0.301. The van der Waals surface area contributed by atoms with Crippen molar-refractivity contribution in [3.05, 3.63) is 71.7 Å². The average molecular weight is 402 g/mol. The first-order valence-electron chi connectivity index (χ1n) is 10.6. The van der Waals surface area contributed by atoms with Gasteiger partial charge in [0.15, 0.2) is 5.82 Å². The Hall–Kier alpha value is -3.28. The van der Waals surface area contributed by atoms with Gasteiger partial charge < -0.3 is 19.5 Å². The minimum Gasteiger partial charge on any atom is -0.507 e. The molecular formula is C24H26N4O2. The number of phenolic OH excluding ortho intramolecular Hbond substituents is 1. The van der Waals surface area contributed by atoms with E-state index in [-0.39, 0.29) is 17.2 Å². The molecule has 5 rings (SSSR count). The number of amides is 1. The summed E-state index contributed by atoms with van der Waals surface area (Å²) < 4.78 is 2.17. The van der Waals surface area contributed by atoms with Crippen LogP contribution in [0.5, 0.6) is 5.75 Å². The number of pyridine rings is 1. The Labute approximate surface area is 176 Å². The summed E-state index contributed by atoms with van der Waals surface area (Å²) in [5.74, 6) is 0.910. The highest BCUT2D eigenvalue weighted by Gasteiger charge is 2.50. The van der Waals surface area contributed by atoms with E-state index in [0.29, 0.717) is 24.2 Å². The Morgan fingerprint density at radius 2 is 2.07 bits per heavy atom. The summed E-state index contributed by atoms with van der Waals surface area (Å²) in [6.45, 7) is 6.12. The lowest BCUT2D eigenvalue weighted by Crippen LogP contribution is -2.53. The predicted molar refractivity (Wildman–Crippen MR) is 116 cm³/mol. The molecule has 1 fully saturated rings. The summed E-state index contributed by atoms with van der Waals surface area (Å²) in [5.41, 5.74) is 3.07. The standard InChI is InChI=1S/C24H26N4O2/c1-3-13-28-19-9-5-12-25-22(19)27-14-6-10-20(27)24(28)11-15-26(16-24)23(30)18-8-4-7-17(2)21(18)29/h4-10,12,14,29H,3,11,13,15-16H2,1-2H3/t24-/m1/s1. The first kappa shape index (κ1) is 18.7. The highest BCUT2D eigenvalue weighted by molar-refractivity contribution is 5.97. The average Bonchev–Trinajstić information content (AvgIpc) is 3.42. The van der Waals surface area contributed by atoms with E-state index in [4.69, 9.17) is 0 Å². The van der Waals surface area contributed by atoms with Gasteiger partial charge in [-0.2, -0.15) is 0 Å². The maximum atomic E-state index is 13.3. The lowest BCUT2D eigenvalue weighted by Gasteiger charge is -2.47. The number of carbonyl (C=O) groups is 1. The number of carbonyl (C=O) groups excluding carboxylic acids is 1. The molecule has 1 N–H and O–H groups in total. The number of rotatable bonds is 3. The molecule has 0 radical (unpaired) electrons. The molecule has 1 spiro atoms. The van der Waals surface area contributed by atoms with E-state index < -0.39 is 0 Å². The summed E-state index contributed by atoms with van der Waals surface area (Å²) in [4.78, 5) is 22.3. The van der Waals surface area contributed by atoms with Crippen molar-refractivity contribution >= 4 is 11.6 Å². The van der Waals surface area contributed by atoms with Gasteiger partial charge in [-0.1, -0.05) is 19.1 Å². The summed E-state index contributed by atoms with van der Waals surface area (Å²) in [6, 6.07) is 13.7. The van der Waals surface area contributed by atoms with E-state index in [1.807, 2.05) is 36.2 Å². The molecule has 6 heteroatoms. The maximum Gasteiger partial charge on any atom is 0.257 e. The monoisotopic (exact) mass is 402 g/mol. The van der Waals surface area contributed by atoms with Crippen molar-refractivity contribution in [3.8, 4) is 11.6 Å². The van der Waals surface area contributed by atoms with Crippen molar-refractivity contribution in [3.63, 3.8) is 0 Å². The lowest BCUT2D eigenvalue weighted by molar-refractivity contribution is 0.0779. The first-order chi connectivity index (χ1) is 14.6. The second kappa shape index (κ2) is 6.90. The summed E-state index contributed by atoms with van der Waals surface area (Å²) in [7, 11) is 0. The molecule has 154 valence electrons. The molecule has 4 heterocycles. The van der Waals surface area contributed by atoms with E-state index in [2.05, 4.69) is 45.8 Å². The van der Waals surface area contributed by atoms with Crippen LogP contribution in [0.3, 0.4) is 0 Å². The minimum absolute atomic E-state index is 0.0791. The molecule has 0 saturated carbocycles. The number of likely N-dealkylation sites (tertiary alicyclic amines) is 1. The summed E-state index contributed by atoms with van der Waals surface area (Å²) in [6.07, 6.45) is 5.73. The predicted octanol–water partition coefficient (Wildman–Crippen LogP) is 3.86. The van der Waals surface area contributed by atoms with Gasteiger partial charge in [-0.3, -0.25) is 4.79 Å². The number of aromatic hydroxyl groups is 1. The molecule has 2 aromatic heterocycles. The van der Waals surface area contributed by atoms with Crippen LogP contribution in [0.4, 0.5) is 5.69 Å². The van der Waals surface area contributed by atoms with E-state index in [9.17, 15) is 9.90 Å². The smallest absolute Gasteiger partial charge is 0.257 e. The largest absolute Gasteiger partial charge is 0.507 e. The third kappa shape index (κ3) is 2.56. The highest BCUT2D eigenvalue weighted by atomic mass is 16.3. The fraction of sp³-hybridized carbons (Fsp3) is 0.333. The van der Waals surface area contributed by atoms with Gasteiger partial charge >= 0.3 is 0 Å². The number of anilines is 1. The molecule has 1 aromatic carbocycles. The van der Waals surface area contributed by atoms with E-state index in [1.54, 1.807) is 6.07 Å². The van der Waals surface area contributed by atoms with Gasteiger partial charge in [0.05, 0.1) is 16.9 Å². The third-order valence-electron chi connectivity index (χ3n) is 6.48. The Morgan fingerprint density at radius 1 is 1.20 bits per heavy atom. The number of hydrogen-bond donors (Lipinski definition) is 1. The Morgan fingerprint density at radius 3 is 2.90 bits per heavy atom. The lowest BCUT2D eigenvalue weighted by atomic mass is 9.88. The van der Waals surface area contributed by atoms with Gasteiger partial charge in [0.25, 0.3) is 5.91 Å². The zero-order valence-electron chi connectivity index (χ0n) is 17.4. The normalized spacial score (nSPS) is 19.8. The molecule has 3 aromatic rings. The Kier molecular flexibility index (Phi) is 4.31. The van der Waals surface area contributed by atoms with Crippen LogP contribution < -0.4 is 4.90 Å². The van der Waals surface area contributed by atoms with Crippen LogP contribution in [0.1, 0.15) is 41.4 Å². The molecule has 2 aliphatic rings. The molecule has 0 aliphatic carbocycles. The number of aryl methyl sites for hydroxylation is 1. The molecule has 1 saturated heterocycles. The summed E-state index contributed by atoms with van der Waals surface area (Å²) >= 11 is 0. The van der Waals surface area contributed by atoms with Crippen LogP contribution in [-0.2, 0) is 5.54 Å². The number of hydrogen-bond acceptors (Lipinski definition) is 4. The number of benzene rings is 1. The molecule has 1 atom stereocenters. The Bertz CT molecular complexity index is 1120. The fourth-order valence-electron chi connectivity index (χ4n) is 5.05. The molecule has 1 amide bonds. The van der Waals surface area contributed by atoms with Gasteiger partial charge in [-0.25, -0.2) is 4.98 Å². The van der Waals surface area contributed by atoms with E-state index in [0.717, 1.165) is 30.9 Å². The third-order valence-corrected chi connectivity index (χ3v) is 6.48. The number of nitrogens with zero attached hydrogens (tertiary/aromatic N) is 4. The molecule has 30 heavy (non-hydrogen) atoms. The zero-order chi connectivity index (χ0) is 20.9. The van der Waals surface area contributed by atoms with Crippen molar-refractivity contribution in [2.24, 2.45) is 0 Å². The molecule has 6 nitrogen and oxygen atoms in total. The van der Waals surface area contributed by atoms with Crippen molar-refractivity contribution in [2.45, 2.75) is 32.2 Å². The topological polar surface area (TPSA) is 61.6 Å². The fourth-order valence-corrected chi connectivity index (χ4v) is 5.05. The maximum absolute atomic E-state index is 13.3. The van der Waals surface area contributed by atoms with Crippen molar-refractivity contribution in [1.82, 2.24) is 14.5 Å². The van der Waals surface area contributed by atoms with Crippen molar-refractivity contribution in [2.75, 3.05) is 24.5 Å². The van der Waals surface area contributed by atoms with Gasteiger partial charge in [-0.05, 0) is 55.7 Å². The quantitative estimate of drug-likeness (QED) is 0.723. The Balaban J connectivity index is 1.57. The molecule has 0 unspecified atom stereocenters. The van der Waals surface area contributed by atoms with Gasteiger partial charge in [-0.15, -0.1) is 0 Å². The van der Waals surface area contributed by atoms with Gasteiger partial charge in [0.2, 0.25) is 0 Å². The van der Waals surface area contributed by atoms with Crippen LogP contribution in [-0.4, -0.2) is 45.1 Å². The van der Waals surface area contributed by atoms with E-state index in [1.165, 1.54) is 5.69 Å². The van der Waals surface area contributed by atoms with Crippen LogP contribution in [0.25, 0.3) is 5.82 Å². The van der Waals surface area contributed by atoms with Gasteiger partial charge in [0.1, 0.15) is 11.3 Å². The van der Waals surface area contributed by atoms with Crippen LogP contribution >= 0.6 is 0 Å². The number of aromatic nitrogens is 2. The number of fused-ring (bicyclic) bond motifs is 4. The SMILES string of the molecule is CCCN1c2cccnc2-n2cccc2[C@]12CCN(C(=O)c1cccc(C)c1O)C2. The van der Waals surface area contributed by atoms with Gasteiger partial charge in [0, 0.05) is 32.0 Å². The molecule has 0 bridgehead atoms. The van der Waals surface area contributed by atoms with Crippen LogP contribution in [0.2, 0.25) is 0 Å². The van der Waals surface area contributed by atoms with Crippen LogP contribution in [0.15, 0.2) is 54.9 Å². The van der Waals surface area contributed by atoms with Crippen molar-refractivity contribution < 1.29 is 9.90 Å². The second-order valence-corrected chi connectivity index (χ2v) is 8.24. The molecule has 2 aliphatic heterocycles. The second-order valence-electron chi connectivity index (χ2n) is 8.24.